The second-order valence-corrected chi connectivity index (χ2v) is 14.4. The first-order valence-electron chi connectivity index (χ1n) is 20.4. The zero-order valence-electron chi connectivity index (χ0n) is 31.5. The van der Waals surface area contributed by atoms with Crippen molar-refractivity contribution in [3.8, 4) is 0 Å². The molecule has 7 atom stereocenters. The van der Waals surface area contributed by atoms with E-state index in [-0.39, 0.29) is 12.5 Å². The molecule has 1 amide bonds. The number of amides is 1. The van der Waals surface area contributed by atoms with Gasteiger partial charge in [0.2, 0.25) is 5.91 Å². The molecule has 1 aliphatic heterocycles. The van der Waals surface area contributed by atoms with E-state index in [2.05, 4.69) is 19.2 Å². The number of rotatable bonds is 33. The average molecular weight is 700 g/mol. The second kappa shape index (κ2) is 31.6. The maximum absolute atomic E-state index is 12.9. The SMILES string of the molecule is CCCCCCCCCCC/C=C/[C@@H](O)[C@H](CO[C@@H]1OC(CO)[C@H](O)C(O)C1O)NC(=O)CCCCCCCCCCCCCCCCC. The minimum Gasteiger partial charge on any atom is -0.394 e. The van der Waals surface area contributed by atoms with Crippen molar-refractivity contribution in [3.05, 3.63) is 12.2 Å². The fourth-order valence-corrected chi connectivity index (χ4v) is 6.51. The van der Waals surface area contributed by atoms with Crippen molar-refractivity contribution in [3.63, 3.8) is 0 Å². The van der Waals surface area contributed by atoms with Crippen LogP contribution in [0.1, 0.15) is 181 Å². The summed E-state index contributed by atoms with van der Waals surface area (Å²) in [5, 5.41) is 53.9. The average Bonchev–Trinajstić information content (AvgIpc) is 3.10. The van der Waals surface area contributed by atoms with E-state index in [9.17, 15) is 30.3 Å². The first kappa shape index (κ1) is 46.0. The number of hydrogen-bond donors (Lipinski definition) is 6. The number of aliphatic hydroxyl groups excluding tert-OH is 5. The molecule has 0 aromatic carbocycles. The zero-order chi connectivity index (χ0) is 36.0. The number of carbonyl (C=O) groups excluding carboxylic acids is 1. The number of unbranched alkanes of at least 4 members (excludes halogenated alkanes) is 23. The minimum absolute atomic E-state index is 0.177. The number of hydrogen-bond acceptors (Lipinski definition) is 8. The van der Waals surface area contributed by atoms with Crippen LogP contribution in [0.25, 0.3) is 0 Å². The molecule has 1 saturated heterocycles. The van der Waals surface area contributed by atoms with E-state index >= 15 is 0 Å². The molecule has 0 aromatic rings. The molecule has 9 heteroatoms. The Kier molecular flexibility index (Phi) is 29.7. The Labute approximate surface area is 299 Å². The standard InChI is InChI=1S/C40H77NO8/c1-3-5-7-9-11-13-15-16-17-18-20-22-24-26-28-30-36(44)41-33(32-48-40-39(47)38(46)37(45)35(31-42)49-40)34(43)29-27-25-23-21-19-14-12-10-8-6-4-2/h27,29,33-35,37-40,42-43,45-47H,3-26,28,30-32H2,1-2H3,(H,41,44)/b29-27+/t33-,34+,35?,37-,38?,39?,40+/m0/s1. The molecule has 1 aliphatic rings. The summed E-state index contributed by atoms with van der Waals surface area (Å²) in [6.45, 7) is 3.75. The molecule has 290 valence electrons. The van der Waals surface area contributed by atoms with Gasteiger partial charge in [-0.25, -0.2) is 0 Å². The summed E-state index contributed by atoms with van der Waals surface area (Å²) >= 11 is 0. The largest absolute Gasteiger partial charge is 0.394 e. The van der Waals surface area contributed by atoms with Crippen LogP contribution in [0.4, 0.5) is 0 Å². The van der Waals surface area contributed by atoms with Gasteiger partial charge in [-0.05, 0) is 19.3 Å². The Hall–Kier alpha value is -1.07. The predicted molar refractivity (Wildman–Crippen MR) is 198 cm³/mol. The third-order valence-corrected chi connectivity index (χ3v) is 9.86. The van der Waals surface area contributed by atoms with Crippen LogP contribution in [0, 0.1) is 0 Å². The van der Waals surface area contributed by atoms with Crippen LogP contribution >= 0.6 is 0 Å². The molecule has 0 aromatic heterocycles. The van der Waals surface area contributed by atoms with E-state index in [1.54, 1.807) is 6.08 Å². The number of allylic oxidation sites excluding steroid dienone is 1. The van der Waals surface area contributed by atoms with Crippen molar-refractivity contribution in [1.29, 1.82) is 0 Å². The van der Waals surface area contributed by atoms with Gasteiger partial charge in [-0.1, -0.05) is 167 Å². The summed E-state index contributed by atoms with van der Waals surface area (Å²) in [7, 11) is 0. The van der Waals surface area contributed by atoms with Crippen molar-refractivity contribution >= 4 is 5.91 Å². The van der Waals surface area contributed by atoms with Crippen LogP contribution in [0.5, 0.6) is 0 Å². The van der Waals surface area contributed by atoms with Crippen molar-refractivity contribution < 1.29 is 39.8 Å². The number of carbonyl (C=O) groups is 1. The lowest BCUT2D eigenvalue weighted by Crippen LogP contribution is -2.60. The van der Waals surface area contributed by atoms with Gasteiger partial charge in [0.1, 0.15) is 24.4 Å². The van der Waals surface area contributed by atoms with Crippen LogP contribution in [0.3, 0.4) is 0 Å². The molecule has 0 radical (unpaired) electrons. The van der Waals surface area contributed by atoms with E-state index in [1.807, 2.05) is 6.08 Å². The van der Waals surface area contributed by atoms with Gasteiger partial charge < -0.3 is 40.3 Å². The van der Waals surface area contributed by atoms with Gasteiger partial charge in [0, 0.05) is 6.42 Å². The number of nitrogens with one attached hydrogen (secondary N) is 1. The zero-order valence-corrected chi connectivity index (χ0v) is 31.5. The molecule has 0 bridgehead atoms. The van der Waals surface area contributed by atoms with Crippen molar-refractivity contribution in [2.75, 3.05) is 13.2 Å². The lowest BCUT2D eigenvalue weighted by atomic mass is 9.99. The maximum Gasteiger partial charge on any atom is 0.220 e. The van der Waals surface area contributed by atoms with Crippen molar-refractivity contribution in [2.45, 2.75) is 224 Å². The van der Waals surface area contributed by atoms with E-state index in [1.165, 1.54) is 122 Å². The molecule has 1 rings (SSSR count). The minimum atomic E-state index is -1.56. The van der Waals surface area contributed by atoms with Gasteiger partial charge in [-0.3, -0.25) is 4.79 Å². The topological polar surface area (TPSA) is 149 Å². The lowest BCUT2D eigenvalue weighted by molar-refractivity contribution is -0.302. The summed E-state index contributed by atoms with van der Waals surface area (Å²) in [5.41, 5.74) is 0. The Morgan fingerprint density at radius 3 is 1.59 bits per heavy atom. The molecule has 1 heterocycles. The number of ether oxygens (including phenoxy) is 2. The first-order chi connectivity index (χ1) is 23.8. The lowest BCUT2D eigenvalue weighted by Gasteiger charge is -2.40. The third kappa shape index (κ3) is 23.2. The Bertz CT molecular complexity index is 781. The summed E-state index contributed by atoms with van der Waals surface area (Å²) in [6, 6.07) is -0.796. The molecule has 9 nitrogen and oxygen atoms in total. The van der Waals surface area contributed by atoms with Crippen LogP contribution in [-0.2, 0) is 14.3 Å². The van der Waals surface area contributed by atoms with Crippen LogP contribution < -0.4 is 5.32 Å². The molecule has 1 fully saturated rings. The highest BCUT2D eigenvalue weighted by Crippen LogP contribution is 2.22. The van der Waals surface area contributed by atoms with Gasteiger partial charge in [0.15, 0.2) is 6.29 Å². The Balaban J connectivity index is 2.40. The van der Waals surface area contributed by atoms with Gasteiger partial charge >= 0.3 is 0 Å². The molecule has 3 unspecified atom stereocenters. The van der Waals surface area contributed by atoms with Crippen LogP contribution in [-0.4, -0.2) is 87.5 Å². The molecule has 0 saturated carbocycles. The number of aliphatic hydroxyl groups is 5. The van der Waals surface area contributed by atoms with Gasteiger partial charge in [-0.15, -0.1) is 0 Å². The van der Waals surface area contributed by atoms with Crippen molar-refractivity contribution in [2.24, 2.45) is 0 Å². The maximum atomic E-state index is 12.9. The summed E-state index contributed by atoms with van der Waals surface area (Å²) in [5.74, 6) is -0.177. The first-order valence-corrected chi connectivity index (χ1v) is 20.4. The van der Waals surface area contributed by atoms with E-state index < -0.39 is 49.5 Å². The highest BCUT2D eigenvalue weighted by Gasteiger charge is 2.44. The van der Waals surface area contributed by atoms with Crippen LogP contribution in [0.2, 0.25) is 0 Å². The molecule has 49 heavy (non-hydrogen) atoms. The van der Waals surface area contributed by atoms with E-state index in [0.29, 0.717) is 6.42 Å². The fraction of sp³-hybridized carbons (Fsp3) is 0.925. The Morgan fingerprint density at radius 2 is 1.12 bits per heavy atom. The molecular formula is C40H77NO8. The summed E-state index contributed by atoms with van der Waals surface area (Å²) < 4.78 is 11.2. The molecule has 0 aliphatic carbocycles. The van der Waals surface area contributed by atoms with E-state index in [0.717, 1.165) is 38.5 Å². The fourth-order valence-electron chi connectivity index (χ4n) is 6.51. The highest BCUT2D eigenvalue weighted by atomic mass is 16.7. The summed E-state index contributed by atoms with van der Waals surface area (Å²) in [6.07, 6.45) is 26.8. The van der Waals surface area contributed by atoms with Gasteiger partial charge in [0.25, 0.3) is 0 Å². The Morgan fingerprint density at radius 1 is 0.673 bits per heavy atom. The second-order valence-electron chi connectivity index (χ2n) is 14.4. The quantitative estimate of drug-likeness (QED) is 0.0307. The molecule has 6 N–H and O–H groups in total. The van der Waals surface area contributed by atoms with E-state index in [4.69, 9.17) is 9.47 Å². The monoisotopic (exact) mass is 700 g/mol. The van der Waals surface area contributed by atoms with Gasteiger partial charge in [-0.2, -0.15) is 0 Å². The molecule has 0 spiro atoms. The highest BCUT2D eigenvalue weighted by molar-refractivity contribution is 5.76. The van der Waals surface area contributed by atoms with Gasteiger partial charge in [0.05, 0.1) is 25.4 Å². The van der Waals surface area contributed by atoms with Crippen LogP contribution in [0.15, 0.2) is 12.2 Å². The van der Waals surface area contributed by atoms with Crippen molar-refractivity contribution in [1.82, 2.24) is 5.32 Å². The normalized spacial score (nSPS) is 22.5. The smallest absolute Gasteiger partial charge is 0.220 e. The molecular weight excluding hydrogens is 622 g/mol. The third-order valence-electron chi connectivity index (χ3n) is 9.86. The summed E-state index contributed by atoms with van der Waals surface area (Å²) in [4.78, 5) is 12.9. The predicted octanol–water partition coefficient (Wildman–Crippen LogP) is 7.39.